The van der Waals surface area contributed by atoms with Crippen molar-refractivity contribution >= 4 is 23.1 Å². The number of nitrogens with two attached hydrogens (primary N) is 1. The summed E-state index contributed by atoms with van der Waals surface area (Å²) in [6, 6.07) is 1.81. The number of hydrogen-bond acceptors (Lipinski definition) is 6. The minimum absolute atomic E-state index is 0.00761. The molecule has 1 atom stereocenters. The van der Waals surface area contributed by atoms with Crippen molar-refractivity contribution in [3.8, 4) is 0 Å². The number of nitrogens with zero attached hydrogens (tertiary/aromatic N) is 2. The van der Waals surface area contributed by atoms with Crippen LogP contribution in [0.3, 0.4) is 0 Å². The van der Waals surface area contributed by atoms with E-state index >= 15 is 0 Å². The van der Waals surface area contributed by atoms with Gasteiger partial charge in [0.15, 0.2) is 11.6 Å². The first kappa shape index (κ1) is 11.7. The maximum atomic E-state index is 13.2. The molecular weight excluding hydrogens is 243 g/mol. The summed E-state index contributed by atoms with van der Waals surface area (Å²) in [5, 5.41) is 16.2. The summed E-state index contributed by atoms with van der Waals surface area (Å²) < 4.78 is 13.2. The number of nitrogen functional groups attached to an aromatic ring is 1. The SMILES string of the molecule is Nc1ncc(F)c(NCC(O)c2ccsc2)n1. The number of rotatable bonds is 4. The lowest BCUT2D eigenvalue weighted by Gasteiger charge is -2.11. The van der Waals surface area contributed by atoms with Crippen LogP contribution in [0, 0.1) is 5.82 Å². The molecule has 0 spiro atoms. The minimum Gasteiger partial charge on any atom is -0.387 e. The van der Waals surface area contributed by atoms with Gasteiger partial charge in [-0.25, -0.2) is 9.37 Å². The summed E-state index contributed by atoms with van der Waals surface area (Å²) in [6.07, 6.45) is 0.276. The summed E-state index contributed by atoms with van der Waals surface area (Å²) in [6.45, 7) is 0.157. The fraction of sp³-hybridized carbons (Fsp3) is 0.200. The fourth-order valence-corrected chi connectivity index (χ4v) is 1.99. The highest BCUT2D eigenvalue weighted by molar-refractivity contribution is 7.07. The van der Waals surface area contributed by atoms with Crippen molar-refractivity contribution in [3.05, 3.63) is 34.4 Å². The molecule has 0 amide bonds. The van der Waals surface area contributed by atoms with Crippen LogP contribution in [0.4, 0.5) is 16.2 Å². The van der Waals surface area contributed by atoms with Crippen molar-refractivity contribution in [2.24, 2.45) is 0 Å². The van der Waals surface area contributed by atoms with Crippen LogP contribution in [0.25, 0.3) is 0 Å². The predicted molar refractivity (Wildman–Crippen MR) is 64.2 cm³/mol. The van der Waals surface area contributed by atoms with E-state index in [-0.39, 0.29) is 18.3 Å². The van der Waals surface area contributed by atoms with E-state index in [1.807, 2.05) is 16.8 Å². The van der Waals surface area contributed by atoms with E-state index in [4.69, 9.17) is 5.73 Å². The monoisotopic (exact) mass is 254 g/mol. The molecule has 0 aliphatic rings. The number of thiophene rings is 1. The van der Waals surface area contributed by atoms with Crippen LogP contribution in [0.5, 0.6) is 0 Å². The Kier molecular flexibility index (Phi) is 3.50. The van der Waals surface area contributed by atoms with Crippen LogP contribution in [-0.4, -0.2) is 21.6 Å². The number of aliphatic hydroxyl groups is 1. The number of aromatic nitrogens is 2. The first-order chi connectivity index (χ1) is 8.16. The van der Waals surface area contributed by atoms with Crippen LogP contribution >= 0.6 is 11.3 Å². The van der Waals surface area contributed by atoms with Crippen molar-refractivity contribution in [1.82, 2.24) is 9.97 Å². The summed E-state index contributed by atoms with van der Waals surface area (Å²) in [7, 11) is 0. The molecule has 0 radical (unpaired) electrons. The largest absolute Gasteiger partial charge is 0.387 e. The van der Waals surface area contributed by atoms with Gasteiger partial charge in [-0.05, 0) is 22.4 Å². The van der Waals surface area contributed by atoms with E-state index < -0.39 is 11.9 Å². The van der Waals surface area contributed by atoms with Gasteiger partial charge in [-0.1, -0.05) is 0 Å². The number of halogens is 1. The van der Waals surface area contributed by atoms with Crippen molar-refractivity contribution in [2.45, 2.75) is 6.10 Å². The van der Waals surface area contributed by atoms with E-state index in [1.54, 1.807) is 0 Å². The standard InChI is InChI=1S/C10H11FN4OS/c11-7-3-14-10(12)15-9(7)13-4-8(16)6-1-2-17-5-6/h1-3,5,8,16H,4H2,(H3,12,13,14,15). The maximum absolute atomic E-state index is 13.2. The Morgan fingerprint density at radius 1 is 1.59 bits per heavy atom. The van der Waals surface area contributed by atoms with Crippen molar-refractivity contribution < 1.29 is 9.50 Å². The van der Waals surface area contributed by atoms with Gasteiger partial charge in [0.2, 0.25) is 5.95 Å². The number of aliphatic hydroxyl groups excluding tert-OH is 1. The molecule has 2 heterocycles. The molecule has 2 aromatic rings. The molecule has 0 saturated heterocycles. The predicted octanol–water partition coefficient (Wildman–Crippen LogP) is 1.40. The van der Waals surface area contributed by atoms with Crippen molar-refractivity contribution in [1.29, 1.82) is 0 Å². The molecule has 7 heteroatoms. The Balaban J connectivity index is 2.00. The Morgan fingerprint density at radius 2 is 2.41 bits per heavy atom. The second-order valence-corrected chi connectivity index (χ2v) is 4.16. The normalized spacial score (nSPS) is 12.4. The molecule has 17 heavy (non-hydrogen) atoms. The summed E-state index contributed by atoms with van der Waals surface area (Å²) in [5.41, 5.74) is 6.12. The zero-order valence-electron chi connectivity index (χ0n) is 8.80. The average molecular weight is 254 g/mol. The molecule has 4 N–H and O–H groups in total. The highest BCUT2D eigenvalue weighted by Crippen LogP contribution is 2.17. The third-order valence-corrected chi connectivity index (χ3v) is 2.86. The molecule has 0 aromatic carbocycles. The van der Waals surface area contributed by atoms with Crippen LogP contribution in [0.2, 0.25) is 0 Å². The van der Waals surface area contributed by atoms with Gasteiger partial charge >= 0.3 is 0 Å². The fourth-order valence-electron chi connectivity index (χ4n) is 1.28. The molecular formula is C10H11FN4OS. The second kappa shape index (κ2) is 5.07. The van der Waals surface area contributed by atoms with Gasteiger partial charge in [0.25, 0.3) is 0 Å². The minimum atomic E-state index is -0.711. The van der Waals surface area contributed by atoms with Crippen LogP contribution < -0.4 is 11.1 Å². The van der Waals surface area contributed by atoms with Gasteiger partial charge in [0, 0.05) is 6.54 Å². The molecule has 2 rings (SSSR count). The summed E-state index contributed by atoms with van der Waals surface area (Å²) >= 11 is 1.49. The Hall–Kier alpha value is -1.73. The molecule has 0 saturated carbocycles. The average Bonchev–Trinajstić information content (AvgIpc) is 2.83. The number of nitrogens with one attached hydrogen (secondary N) is 1. The highest BCUT2D eigenvalue weighted by atomic mass is 32.1. The first-order valence-corrected chi connectivity index (χ1v) is 5.83. The Labute approximate surface area is 101 Å². The van der Waals surface area contributed by atoms with Gasteiger partial charge in [-0.2, -0.15) is 16.3 Å². The topological polar surface area (TPSA) is 84.1 Å². The molecule has 0 bridgehead atoms. The molecule has 90 valence electrons. The van der Waals surface area contributed by atoms with Crippen molar-refractivity contribution in [3.63, 3.8) is 0 Å². The van der Waals surface area contributed by atoms with Gasteiger partial charge in [0.1, 0.15) is 0 Å². The van der Waals surface area contributed by atoms with Crippen LogP contribution in [-0.2, 0) is 0 Å². The lowest BCUT2D eigenvalue weighted by molar-refractivity contribution is 0.192. The van der Waals surface area contributed by atoms with E-state index in [9.17, 15) is 9.50 Å². The zero-order valence-corrected chi connectivity index (χ0v) is 9.62. The smallest absolute Gasteiger partial charge is 0.222 e. The quantitative estimate of drug-likeness (QED) is 0.768. The Morgan fingerprint density at radius 3 is 3.12 bits per heavy atom. The van der Waals surface area contributed by atoms with E-state index in [2.05, 4.69) is 15.3 Å². The number of anilines is 2. The van der Waals surface area contributed by atoms with Crippen LogP contribution in [0.1, 0.15) is 11.7 Å². The Bertz CT molecular complexity index is 491. The molecule has 0 aliphatic carbocycles. The molecule has 1 unspecified atom stereocenters. The molecule has 2 aromatic heterocycles. The number of hydrogen-bond donors (Lipinski definition) is 3. The summed E-state index contributed by atoms with van der Waals surface area (Å²) in [4.78, 5) is 7.21. The first-order valence-electron chi connectivity index (χ1n) is 4.89. The third kappa shape index (κ3) is 2.89. The second-order valence-electron chi connectivity index (χ2n) is 3.38. The van der Waals surface area contributed by atoms with Crippen LogP contribution in [0.15, 0.2) is 23.0 Å². The van der Waals surface area contributed by atoms with Gasteiger partial charge in [-0.3, -0.25) is 0 Å². The zero-order chi connectivity index (χ0) is 12.3. The van der Waals surface area contributed by atoms with E-state index in [1.165, 1.54) is 11.3 Å². The van der Waals surface area contributed by atoms with Crippen molar-refractivity contribution in [2.75, 3.05) is 17.6 Å². The lowest BCUT2D eigenvalue weighted by Crippen LogP contribution is -2.14. The third-order valence-electron chi connectivity index (χ3n) is 2.15. The molecule has 0 aliphatic heterocycles. The van der Waals surface area contributed by atoms with Gasteiger partial charge < -0.3 is 16.2 Å². The summed E-state index contributed by atoms with van der Waals surface area (Å²) in [5.74, 6) is -0.623. The molecule has 5 nitrogen and oxygen atoms in total. The van der Waals surface area contributed by atoms with E-state index in [0.29, 0.717) is 0 Å². The maximum Gasteiger partial charge on any atom is 0.222 e. The highest BCUT2D eigenvalue weighted by Gasteiger charge is 2.10. The van der Waals surface area contributed by atoms with Gasteiger partial charge in [0.05, 0.1) is 12.3 Å². The van der Waals surface area contributed by atoms with E-state index in [0.717, 1.165) is 11.8 Å². The lowest BCUT2D eigenvalue weighted by atomic mass is 10.2. The van der Waals surface area contributed by atoms with Gasteiger partial charge in [-0.15, -0.1) is 0 Å². The molecule has 0 fully saturated rings.